The zero-order chi connectivity index (χ0) is 15.9. The molecule has 0 unspecified atom stereocenters. The van der Waals surface area contributed by atoms with Crippen LogP contribution < -0.4 is 0 Å². The van der Waals surface area contributed by atoms with Gasteiger partial charge in [0.1, 0.15) is 0 Å². The highest BCUT2D eigenvalue weighted by atomic mass is 15.0. The van der Waals surface area contributed by atoms with E-state index in [1.165, 1.54) is 34.2 Å². The summed E-state index contributed by atoms with van der Waals surface area (Å²) in [5.74, 6) is 0. The van der Waals surface area contributed by atoms with Crippen molar-refractivity contribution in [1.29, 1.82) is 0 Å². The quantitative estimate of drug-likeness (QED) is 0.680. The van der Waals surface area contributed by atoms with Crippen LogP contribution in [0.2, 0.25) is 0 Å². The Labute approximate surface area is 135 Å². The fourth-order valence-electron chi connectivity index (χ4n) is 2.72. The predicted octanol–water partition coefficient (Wildman–Crippen LogP) is 4.97. The summed E-state index contributed by atoms with van der Waals surface area (Å²) in [5, 5.41) is 0. The molecule has 0 N–H and O–H groups in total. The largest absolute Gasteiger partial charge is 0.309 e. The van der Waals surface area contributed by atoms with Gasteiger partial charge in [0.2, 0.25) is 0 Å². The molecule has 0 saturated heterocycles. The van der Waals surface area contributed by atoms with Gasteiger partial charge in [0.05, 0.1) is 0 Å². The third kappa shape index (κ3) is 4.85. The third-order valence-electron chi connectivity index (χ3n) is 4.01. The maximum absolute atomic E-state index is 2.31. The van der Waals surface area contributed by atoms with Gasteiger partial charge in [-0.25, -0.2) is 0 Å². The van der Waals surface area contributed by atoms with Crippen molar-refractivity contribution in [3.8, 4) is 0 Å². The van der Waals surface area contributed by atoms with Crippen LogP contribution in [-0.2, 0) is 6.42 Å². The molecule has 0 spiro atoms. The standard InChI is InChI=1S/C21H27N/c1-17-8-5-9-18(2)21(17)14-13-20-11-6-10-19(16-20)12-7-15-22(3)4/h5-6,8-11,13-14,16H,7,12,15H2,1-4H3. The minimum Gasteiger partial charge on any atom is -0.309 e. The number of nitrogens with zero attached hydrogens (tertiary/aromatic N) is 1. The highest BCUT2D eigenvalue weighted by Crippen LogP contribution is 2.17. The molecule has 0 fully saturated rings. The topological polar surface area (TPSA) is 3.24 Å². The van der Waals surface area contributed by atoms with Gasteiger partial charge in [-0.05, 0) is 75.1 Å². The summed E-state index contributed by atoms with van der Waals surface area (Å²) in [5.41, 5.74) is 6.70. The van der Waals surface area contributed by atoms with Gasteiger partial charge in [0.25, 0.3) is 0 Å². The highest BCUT2D eigenvalue weighted by molar-refractivity contribution is 5.72. The van der Waals surface area contributed by atoms with E-state index in [4.69, 9.17) is 0 Å². The molecule has 0 aliphatic carbocycles. The van der Waals surface area contributed by atoms with Crippen molar-refractivity contribution in [2.75, 3.05) is 20.6 Å². The lowest BCUT2D eigenvalue weighted by atomic mass is 10.0. The van der Waals surface area contributed by atoms with Crippen molar-refractivity contribution >= 4 is 12.2 Å². The monoisotopic (exact) mass is 293 g/mol. The van der Waals surface area contributed by atoms with Crippen LogP contribution in [0.3, 0.4) is 0 Å². The Hall–Kier alpha value is -1.86. The van der Waals surface area contributed by atoms with Crippen molar-refractivity contribution in [2.24, 2.45) is 0 Å². The SMILES string of the molecule is Cc1cccc(C)c1C=Cc1cccc(CCCN(C)C)c1. The molecule has 0 amide bonds. The second kappa shape index (κ2) is 7.95. The smallest absolute Gasteiger partial charge is 0.00217 e. The molecule has 0 atom stereocenters. The van der Waals surface area contributed by atoms with Gasteiger partial charge >= 0.3 is 0 Å². The molecule has 2 rings (SSSR count). The van der Waals surface area contributed by atoms with Crippen molar-refractivity contribution in [3.63, 3.8) is 0 Å². The van der Waals surface area contributed by atoms with Gasteiger partial charge in [-0.1, -0.05) is 54.6 Å². The normalized spacial score (nSPS) is 11.5. The summed E-state index contributed by atoms with van der Waals surface area (Å²) in [7, 11) is 4.26. The van der Waals surface area contributed by atoms with Crippen molar-refractivity contribution in [2.45, 2.75) is 26.7 Å². The van der Waals surface area contributed by atoms with Gasteiger partial charge in [-0.2, -0.15) is 0 Å². The van der Waals surface area contributed by atoms with E-state index in [-0.39, 0.29) is 0 Å². The Bertz CT molecular complexity index is 618. The first-order valence-electron chi connectivity index (χ1n) is 8.04. The first-order valence-corrected chi connectivity index (χ1v) is 8.04. The Morgan fingerprint density at radius 1 is 0.909 bits per heavy atom. The fraction of sp³-hybridized carbons (Fsp3) is 0.333. The van der Waals surface area contributed by atoms with Gasteiger partial charge < -0.3 is 4.90 Å². The molecule has 1 nitrogen and oxygen atoms in total. The van der Waals surface area contributed by atoms with Crippen LogP contribution >= 0.6 is 0 Å². The maximum Gasteiger partial charge on any atom is -0.00217 e. The zero-order valence-corrected chi connectivity index (χ0v) is 14.3. The van der Waals surface area contributed by atoms with Gasteiger partial charge in [0, 0.05) is 0 Å². The second-order valence-corrected chi connectivity index (χ2v) is 6.29. The van der Waals surface area contributed by atoms with Gasteiger partial charge in [0.15, 0.2) is 0 Å². The van der Waals surface area contributed by atoms with Crippen molar-refractivity contribution in [1.82, 2.24) is 4.90 Å². The molecule has 0 bridgehead atoms. The summed E-state index contributed by atoms with van der Waals surface area (Å²) >= 11 is 0. The van der Waals surface area contributed by atoms with E-state index in [0.717, 1.165) is 13.0 Å². The Kier molecular flexibility index (Phi) is 5.97. The minimum atomic E-state index is 1.14. The summed E-state index contributed by atoms with van der Waals surface area (Å²) in [6, 6.07) is 15.3. The molecule has 116 valence electrons. The lowest BCUT2D eigenvalue weighted by Gasteiger charge is -2.09. The highest BCUT2D eigenvalue weighted by Gasteiger charge is 1.99. The lowest BCUT2D eigenvalue weighted by Crippen LogP contribution is -2.13. The lowest BCUT2D eigenvalue weighted by molar-refractivity contribution is 0.400. The number of benzene rings is 2. The molecule has 0 radical (unpaired) electrons. The van der Waals surface area contributed by atoms with E-state index in [2.05, 4.69) is 87.5 Å². The molecule has 0 heterocycles. The summed E-state index contributed by atoms with van der Waals surface area (Å²) in [4.78, 5) is 2.24. The zero-order valence-electron chi connectivity index (χ0n) is 14.3. The molecule has 0 aliphatic heterocycles. The summed E-state index contributed by atoms with van der Waals surface area (Å²) in [6.07, 6.45) is 6.81. The molecule has 0 aromatic heterocycles. The number of rotatable bonds is 6. The van der Waals surface area contributed by atoms with Crippen LogP contribution in [0.25, 0.3) is 12.2 Å². The van der Waals surface area contributed by atoms with Crippen LogP contribution in [-0.4, -0.2) is 25.5 Å². The molecular formula is C21H27N. The van der Waals surface area contributed by atoms with Gasteiger partial charge in [-0.3, -0.25) is 0 Å². The summed E-state index contributed by atoms with van der Waals surface area (Å²) in [6.45, 7) is 5.48. The second-order valence-electron chi connectivity index (χ2n) is 6.29. The van der Waals surface area contributed by atoms with E-state index < -0.39 is 0 Å². The Morgan fingerprint density at radius 2 is 1.59 bits per heavy atom. The van der Waals surface area contributed by atoms with E-state index in [1.54, 1.807) is 0 Å². The van der Waals surface area contributed by atoms with Crippen LogP contribution in [0.15, 0.2) is 42.5 Å². The number of hydrogen-bond acceptors (Lipinski definition) is 1. The molecule has 1 heteroatoms. The van der Waals surface area contributed by atoms with Crippen LogP contribution in [0.1, 0.15) is 34.2 Å². The molecule has 0 saturated carbocycles. The average Bonchev–Trinajstić information content (AvgIpc) is 2.47. The van der Waals surface area contributed by atoms with Crippen molar-refractivity contribution < 1.29 is 0 Å². The molecular weight excluding hydrogens is 266 g/mol. The molecule has 2 aromatic rings. The molecule has 2 aromatic carbocycles. The predicted molar refractivity (Wildman–Crippen MR) is 98.2 cm³/mol. The molecule has 0 aliphatic rings. The fourth-order valence-corrected chi connectivity index (χ4v) is 2.72. The van der Waals surface area contributed by atoms with E-state index in [9.17, 15) is 0 Å². The van der Waals surface area contributed by atoms with Gasteiger partial charge in [-0.15, -0.1) is 0 Å². The van der Waals surface area contributed by atoms with Crippen molar-refractivity contribution in [3.05, 3.63) is 70.3 Å². The Balaban J connectivity index is 2.08. The van der Waals surface area contributed by atoms with E-state index in [1.807, 2.05) is 0 Å². The average molecular weight is 293 g/mol. The Morgan fingerprint density at radius 3 is 2.27 bits per heavy atom. The molecule has 22 heavy (non-hydrogen) atoms. The summed E-state index contributed by atoms with van der Waals surface area (Å²) < 4.78 is 0. The van der Waals surface area contributed by atoms with E-state index >= 15 is 0 Å². The third-order valence-corrected chi connectivity index (χ3v) is 4.01. The van der Waals surface area contributed by atoms with E-state index in [0.29, 0.717) is 0 Å². The van der Waals surface area contributed by atoms with Crippen LogP contribution in [0.4, 0.5) is 0 Å². The number of aryl methyl sites for hydroxylation is 3. The first-order chi connectivity index (χ1) is 10.6. The maximum atomic E-state index is 2.31. The minimum absolute atomic E-state index is 1.14. The number of hydrogen-bond donors (Lipinski definition) is 0. The first kappa shape index (κ1) is 16.5. The van der Waals surface area contributed by atoms with Crippen LogP contribution in [0.5, 0.6) is 0 Å². The van der Waals surface area contributed by atoms with Crippen LogP contribution in [0, 0.1) is 13.8 Å².